The summed E-state index contributed by atoms with van der Waals surface area (Å²) in [4.78, 5) is 3.96. The first-order chi connectivity index (χ1) is 9.88. The van der Waals surface area contributed by atoms with E-state index in [0.717, 1.165) is 12.1 Å². The molecular weight excluding hydrogens is 415 g/mol. The zero-order chi connectivity index (χ0) is 15.3. The van der Waals surface area contributed by atoms with Gasteiger partial charge < -0.3 is 5.73 Å². The Bertz CT molecular complexity index is 877. The van der Waals surface area contributed by atoms with Crippen LogP contribution in [-0.4, -0.2) is 9.55 Å². The minimum Gasteiger partial charge on any atom is -0.369 e. The predicted octanol–water partition coefficient (Wildman–Crippen LogP) is 4.55. The van der Waals surface area contributed by atoms with Gasteiger partial charge in [0.1, 0.15) is 17.5 Å². The molecule has 21 heavy (non-hydrogen) atoms. The lowest BCUT2D eigenvalue weighted by molar-refractivity contribution is 0.588. The van der Waals surface area contributed by atoms with Crippen LogP contribution in [0, 0.1) is 17.5 Å². The minimum absolute atomic E-state index is 0.000956. The number of imidazole rings is 1. The number of nitrogens with zero attached hydrogens (tertiary/aromatic N) is 2. The Morgan fingerprint density at radius 3 is 2.24 bits per heavy atom. The van der Waals surface area contributed by atoms with Gasteiger partial charge in [-0.15, -0.1) is 0 Å². The number of aromatic nitrogens is 2. The molecule has 0 aliphatic heterocycles. The molecule has 0 aliphatic rings. The van der Waals surface area contributed by atoms with Crippen LogP contribution < -0.4 is 5.73 Å². The number of nitrogen functional groups attached to an aromatic ring is 1. The van der Waals surface area contributed by atoms with Crippen molar-refractivity contribution in [3.63, 3.8) is 0 Å². The third kappa shape index (κ3) is 2.32. The van der Waals surface area contributed by atoms with Crippen molar-refractivity contribution in [2.24, 2.45) is 0 Å². The van der Waals surface area contributed by atoms with E-state index in [2.05, 4.69) is 36.8 Å². The average molecular weight is 421 g/mol. The van der Waals surface area contributed by atoms with Gasteiger partial charge >= 0.3 is 0 Å². The molecule has 0 saturated heterocycles. The third-order valence-electron chi connectivity index (χ3n) is 2.95. The minimum atomic E-state index is -0.685. The summed E-state index contributed by atoms with van der Waals surface area (Å²) in [6, 6.07) is 4.56. The third-order valence-corrected chi connectivity index (χ3v) is 4.17. The van der Waals surface area contributed by atoms with Gasteiger partial charge in [-0.05, 0) is 44.0 Å². The SMILES string of the molecule is Nc1nc2cc(F)c(Br)cc2n1-c1cc(F)c(Br)cc1F. The van der Waals surface area contributed by atoms with Crippen LogP contribution in [0.25, 0.3) is 16.7 Å². The van der Waals surface area contributed by atoms with Gasteiger partial charge in [-0.2, -0.15) is 0 Å². The Labute approximate surface area is 133 Å². The molecule has 0 atom stereocenters. The summed E-state index contributed by atoms with van der Waals surface area (Å²) in [5, 5.41) is 0. The van der Waals surface area contributed by atoms with Gasteiger partial charge in [0.25, 0.3) is 0 Å². The zero-order valence-electron chi connectivity index (χ0n) is 10.2. The Hall–Kier alpha value is -1.54. The van der Waals surface area contributed by atoms with E-state index in [4.69, 9.17) is 5.73 Å². The molecule has 1 aromatic heterocycles. The molecule has 0 fully saturated rings. The maximum Gasteiger partial charge on any atom is 0.206 e. The Morgan fingerprint density at radius 2 is 1.52 bits per heavy atom. The quantitative estimate of drug-likeness (QED) is 0.587. The number of hydrogen-bond acceptors (Lipinski definition) is 2. The fraction of sp³-hybridized carbons (Fsp3) is 0. The zero-order valence-corrected chi connectivity index (χ0v) is 13.3. The second kappa shape index (κ2) is 5.03. The lowest BCUT2D eigenvalue weighted by Crippen LogP contribution is -2.04. The molecule has 3 rings (SSSR count). The molecule has 0 amide bonds. The summed E-state index contributed by atoms with van der Waals surface area (Å²) in [7, 11) is 0. The van der Waals surface area contributed by atoms with Crippen molar-refractivity contribution >= 4 is 48.8 Å². The molecule has 2 aromatic carbocycles. The summed E-state index contributed by atoms with van der Waals surface area (Å²) in [5.41, 5.74) is 6.26. The fourth-order valence-corrected chi connectivity index (χ4v) is 2.67. The van der Waals surface area contributed by atoms with Crippen molar-refractivity contribution in [2.75, 3.05) is 5.73 Å². The molecule has 3 aromatic rings. The summed E-state index contributed by atoms with van der Waals surface area (Å²) in [5.74, 6) is -1.92. The molecule has 3 nitrogen and oxygen atoms in total. The van der Waals surface area contributed by atoms with Crippen LogP contribution in [0.1, 0.15) is 0 Å². The monoisotopic (exact) mass is 419 g/mol. The smallest absolute Gasteiger partial charge is 0.206 e. The first kappa shape index (κ1) is 14.4. The van der Waals surface area contributed by atoms with E-state index < -0.39 is 17.5 Å². The van der Waals surface area contributed by atoms with Crippen molar-refractivity contribution in [3.8, 4) is 5.69 Å². The van der Waals surface area contributed by atoms with Gasteiger partial charge in [-0.1, -0.05) is 0 Å². The standard InChI is InChI=1S/C13H6Br2F3N3/c14-5-1-9(18)11(4-8(5)17)21-12-2-6(15)7(16)3-10(12)20-13(21)19/h1-4H,(H2,19,20). The summed E-state index contributed by atoms with van der Waals surface area (Å²) >= 11 is 5.95. The van der Waals surface area contributed by atoms with Crippen LogP contribution in [0.3, 0.4) is 0 Å². The topological polar surface area (TPSA) is 43.8 Å². The van der Waals surface area contributed by atoms with Gasteiger partial charge in [-0.25, -0.2) is 18.2 Å². The van der Waals surface area contributed by atoms with Gasteiger partial charge in [0, 0.05) is 12.1 Å². The van der Waals surface area contributed by atoms with E-state index in [1.807, 2.05) is 0 Å². The second-order valence-electron chi connectivity index (χ2n) is 4.28. The highest BCUT2D eigenvalue weighted by molar-refractivity contribution is 9.10. The van der Waals surface area contributed by atoms with Gasteiger partial charge in [-0.3, -0.25) is 4.57 Å². The average Bonchev–Trinajstić information content (AvgIpc) is 2.70. The van der Waals surface area contributed by atoms with Crippen LogP contribution in [0.4, 0.5) is 19.1 Å². The van der Waals surface area contributed by atoms with E-state index in [1.54, 1.807) is 0 Å². The van der Waals surface area contributed by atoms with Gasteiger partial charge in [0.05, 0.1) is 25.7 Å². The number of rotatable bonds is 1. The van der Waals surface area contributed by atoms with Crippen LogP contribution in [-0.2, 0) is 0 Å². The predicted molar refractivity (Wildman–Crippen MR) is 80.8 cm³/mol. The lowest BCUT2D eigenvalue weighted by atomic mass is 10.2. The number of hydrogen-bond donors (Lipinski definition) is 1. The number of fused-ring (bicyclic) bond motifs is 1. The first-order valence-corrected chi connectivity index (χ1v) is 7.25. The van der Waals surface area contributed by atoms with E-state index in [1.165, 1.54) is 16.7 Å². The van der Waals surface area contributed by atoms with E-state index in [-0.39, 0.29) is 26.1 Å². The summed E-state index contributed by atoms with van der Waals surface area (Å²) < 4.78 is 42.7. The van der Waals surface area contributed by atoms with Crippen molar-refractivity contribution < 1.29 is 13.2 Å². The molecule has 0 unspecified atom stereocenters. The molecule has 0 aliphatic carbocycles. The highest BCUT2D eigenvalue weighted by Crippen LogP contribution is 2.30. The largest absolute Gasteiger partial charge is 0.369 e. The number of nitrogens with two attached hydrogens (primary N) is 1. The van der Waals surface area contributed by atoms with Crippen LogP contribution in [0.5, 0.6) is 0 Å². The van der Waals surface area contributed by atoms with Crippen LogP contribution in [0.2, 0.25) is 0 Å². The Balaban J connectivity index is 2.37. The van der Waals surface area contributed by atoms with E-state index >= 15 is 0 Å². The van der Waals surface area contributed by atoms with E-state index in [0.29, 0.717) is 5.52 Å². The van der Waals surface area contributed by atoms with Crippen LogP contribution >= 0.6 is 31.9 Å². The van der Waals surface area contributed by atoms with Gasteiger partial charge in [0.2, 0.25) is 5.95 Å². The maximum absolute atomic E-state index is 14.1. The molecule has 0 saturated carbocycles. The first-order valence-electron chi connectivity index (χ1n) is 5.66. The van der Waals surface area contributed by atoms with Crippen LogP contribution in [0.15, 0.2) is 33.2 Å². The molecule has 1 heterocycles. The summed E-state index contributed by atoms with van der Waals surface area (Å²) in [6.45, 7) is 0. The molecule has 0 radical (unpaired) electrons. The Kier molecular flexibility index (Phi) is 3.45. The molecule has 8 heteroatoms. The lowest BCUT2D eigenvalue weighted by Gasteiger charge is -2.09. The molecular formula is C13H6Br2F3N3. The molecule has 0 spiro atoms. The van der Waals surface area contributed by atoms with Crippen molar-refractivity contribution in [1.29, 1.82) is 0 Å². The molecule has 2 N–H and O–H groups in total. The normalized spacial score (nSPS) is 11.3. The number of anilines is 1. The number of benzene rings is 2. The second-order valence-corrected chi connectivity index (χ2v) is 5.99. The highest BCUT2D eigenvalue weighted by Gasteiger charge is 2.17. The fourth-order valence-electron chi connectivity index (χ4n) is 2.03. The molecule has 108 valence electrons. The number of halogens is 5. The highest BCUT2D eigenvalue weighted by atomic mass is 79.9. The van der Waals surface area contributed by atoms with Crippen molar-refractivity contribution in [3.05, 3.63) is 50.7 Å². The van der Waals surface area contributed by atoms with Crippen molar-refractivity contribution in [1.82, 2.24) is 9.55 Å². The van der Waals surface area contributed by atoms with Crippen molar-refractivity contribution in [2.45, 2.75) is 0 Å². The Morgan fingerprint density at radius 1 is 0.905 bits per heavy atom. The van der Waals surface area contributed by atoms with E-state index in [9.17, 15) is 13.2 Å². The van der Waals surface area contributed by atoms with Gasteiger partial charge in [0.15, 0.2) is 0 Å². The molecule has 0 bridgehead atoms. The summed E-state index contributed by atoms with van der Waals surface area (Å²) in [6.07, 6.45) is 0. The maximum atomic E-state index is 14.1.